The minimum Gasteiger partial charge on any atom is -0.378 e. The molecule has 0 unspecified atom stereocenters. The Hall–Kier alpha value is -3.52. The Balaban J connectivity index is 1.65. The molecule has 1 aromatic heterocycles. The van der Waals surface area contributed by atoms with Crippen molar-refractivity contribution in [2.45, 2.75) is 6.54 Å². The molecule has 0 radical (unpaired) electrons. The molecule has 2 amide bonds. The number of fused-ring (bicyclic) bond motifs is 1. The smallest absolute Gasteiger partial charge is 0.254 e. The van der Waals surface area contributed by atoms with Crippen LogP contribution in [0, 0.1) is 5.82 Å². The summed E-state index contributed by atoms with van der Waals surface area (Å²) in [6.07, 6.45) is 0. The number of aromatic nitrogens is 1. The number of carbonyl (C=O) groups is 2. The van der Waals surface area contributed by atoms with Crippen molar-refractivity contribution < 1.29 is 18.7 Å². The van der Waals surface area contributed by atoms with E-state index in [1.54, 1.807) is 29.2 Å². The largest absolute Gasteiger partial charge is 0.378 e. The first kappa shape index (κ1) is 19.8. The number of rotatable bonds is 4. The van der Waals surface area contributed by atoms with E-state index >= 15 is 0 Å². The number of hydrogen-bond acceptors (Lipinski definition) is 4. The second-order valence-electron chi connectivity index (χ2n) is 6.96. The van der Waals surface area contributed by atoms with Crippen molar-refractivity contribution in [3.05, 3.63) is 76.3 Å². The molecule has 1 fully saturated rings. The molecular formula is C22H20FN3O4. The van der Waals surface area contributed by atoms with Gasteiger partial charge in [0.1, 0.15) is 12.4 Å². The molecule has 154 valence electrons. The zero-order valence-corrected chi connectivity index (χ0v) is 16.1. The predicted octanol–water partition coefficient (Wildman–Crippen LogP) is 2.25. The molecule has 30 heavy (non-hydrogen) atoms. The van der Waals surface area contributed by atoms with Crippen LogP contribution < -0.4 is 10.9 Å². The van der Waals surface area contributed by atoms with Gasteiger partial charge in [0, 0.05) is 30.2 Å². The van der Waals surface area contributed by atoms with Crippen LogP contribution in [0.5, 0.6) is 0 Å². The fourth-order valence-electron chi connectivity index (χ4n) is 3.49. The average molecular weight is 409 g/mol. The van der Waals surface area contributed by atoms with Gasteiger partial charge in [-0.25, -0.2) is 4.39 Å². The number of carbonyl (C=O) groups excluding carboxylic acids is 2. The van der Waals surface area contributed by atoms with Crippen molar-refractivity contribution in [2.24, 2.45) is 0 Å². The average Bonchev–Trinajstić information content (AvgIpc) is 2.77. The van der Waals surface area contributed by atoms with E-state index in [2.05, 4.69) is 5.32 Å². The summed E-state index contributed by atoms with van der Waals surface area (Å²) in [5.41, 5.74) is 0.793. The Morgan fingerprint density at radius 2 is 1.73 bits per heavy atom. The highest BCUT2D eigenvalue weighted by Gasteiger charge is 2.22. The van der Waals surface area contributed by atoms with Crippen LogP contribution in [0.1, 0.15) is 10.4 Å². The van der Waals surface area contributed by atoms with E-state index in [0.29, 0.717) is 48.5 Å². The first-order valence-electron chi connectivity index (χ1n) is 9.58. The highest BCUT2D eigenvalue weighted by atomic mass is 19.1. The summed E-state index contributed by atoms with van der Waals surface area (Å²) < 4.78 is 19.7. The van der Waals surface area contributed by atoms with E-state index in [4.69, 9.17) is 4.74 Å². The number of morpholine rings is 1. The number of nitrogens with zero attached hydrogens (tertiary/aromatic N) is 2. The van der Waals surface area contributed by atoms with E-state index in [-0.39, 0.29) is 12.5 Å². The number of benzene rings is 2. The Bertz CT molecular complexity index is 1150. The standard InChI is InChI=1S/C22H20FN3O4/c23-15-5-7-16(8-6-15)24-20(27)14-26-19-4-2-1-3-17(19)18(13-21(26)28)22(29)25-9-11-30-12-10-25/h1-8,13H,9-12,14H2,(H,24,27). The molecule has 3 aromatic rings. The quantitative estimate of drug-likeness (QED) is 0.717. The second-order valence-corrected chi connectivity index (χ2v) is 6.96. The highest BCUT2D eigenvalue weighted by Crippen LogP contribution is 2.19. The highest BCUT2D eigenvalue weighted by molar-refractivity contribution is 6.06. The number of halogens is 1. The van der Waals surface area contributed by atoms with Crippen LogP contribution in [-0.4, -0.2) is 47.6 Å². The maximum absolute atomic E-state index is 13.0. The molecule has 0 saturated carbocycles. The zero-order valence-electron chi connectivity index (χ0n) is 16.1. The van der Waals surface area contributed by atoms with E-state index in [9.17, 15) is 18.8 Å². The molecule has 4 rings (SSSR count). The molecule has 1 aliphatic rings. The van der Waals surface area contributed by atoms with Gasteiger partial charge in [-0.1, -0.05) is 18.2 Å². The van der Waals surface area contributed by atoms with Gasteiger partial charge in [0.25, 0.3) is 11.5 Å². The molecule has 1 saturated heterocycles. The summed E-state index contributed by atoms with van der Waals surface area (Å²) in [6, 6.07) is 13.6. The van der Waals surface area contributed by atoms with E-state index in [1.807, 2.05) is 0 Å². The SMILES string of the molecule is O=C(Cn1c(=O)cc(C(=O)N2CCOCC2)c2ccccc21)Nc1ccc(F)cc1. The van der Waals surface area contributed by atoms with Gasteiger partial charge >= 0.3 is 0 Å². The molecule has 0 bridgehead atoms. The third kappa shape index (κ3) is 4.08. The lowest BCUT2D eigenvalue weighted by molar-refractivity contribution is -0.116. The van der Waals surface area contributed by atoms with Gasteiger partial charge in [-0.3, -0.25) is 19.0 Å². The number of anilines is 1. The number of amides is 2. The van der Waals surface area contributed by atoms with Crippen LogP contribution in [0.3, 0.4) is 0 Å². The van der Waals surface area contributed by atoms with Crippen molar-refractivity contribution in [2.75, 3.05) is 31.6 Å². The van der Waals surface area contributed by atoms with Crippen molar-refractivity contribution in [1.82, 2.24) is 9.47 Å². The zero-order chi connectivity index (χ0) is 21.1. The van der Waals surface area contributed by atoms with Crippen LogP contribution in [0.15, 0.2) is 59.4 Å². The van der Waals surface area contributed by atoms with Crippen molar-refractivity contribution in [3.63, 3.8) is 0 Å². The number of nitrogens with one attached hydrogen (secondary N) is 1. The monoisotopic (exact) mass is 409 g/mol. The van der Waals surface area contributed by atoms with Crippen LogP contribution in [0.4, 0.5) is 10.1 Å². The van der Waals surface area contributed by atoms with Gasteiger partial charge in [-0.15, -0.1) is 0 Å². The van der Waals surface area contributed by atoms with Crippen molar-refractivity contribution in [3.8, 4) is 0 Å². The Kier molecular flexibility index (Phi) is 5.58. The fraction of sp³-hybridized carbons (Fsp3) is 0.227. The van der Waals surface area contributed by atoms with E-state index in [0.717, 1.165) is 0 Å². The topological polar surface area (TPSA) is 80.6 Å². The minimum atomic E-state index is -0.445. The third-order valence-corrected chi connectivity index (χ3v) is 4.98. The summed E-state index contributed by atoms with van der Waals surface area (Å²) in [5, 5.41) is 3.24. The summed E-state index contributed by atoms with van der Waals surface area (Å²) >= 11 is 0. The van der Waals surface area contributed by atoms with Gasteiger partial charge in [-0.05, 0) is 30.3 Å². The van der Waals surface area contributed by atoms with Crippen molar-refractivity contribution >= 4 is 28.4 Å². The van der Waals surface area contributed by atoms with Gasteiger partial charge in [0.15, 0.2) is 0 Å². The molecule has 0 atom stereocenters. The van der Waals surface area contributed by atoms with E-state index < -0.39 is 17.3 Å². The predicted molar refractivity (Wildman–Crippen MR) is 110 cm³/mol. The minimum absolute atomic E-state index is 0.227. The molecule has 2 heterocycles. The van der Waals surface area contributed by atoms with Crippen LogP contribution in [0.2, 0.25) is 0 Å². The molecule has 7 nitrogen and oxygen atoms in total. The van der Waals surface area contributed by atoms with Crippen LogP contribution in [-0.2, 0) is 16.1 Å². The van der Waals surface area contributed by atoms with Crippen molar-refractivity contribution in [1.29, 1.82) is 0 Å². The number of pyridine rings is 1. The first-order chi connectivity index (χ1) is 14.5. The number of hydrogen-bond donors (Lipinski definition) is 1. The summed E-state index contributed by atoms with van der Waals surface area (Å²) in [7, 11) is 0. The molecule has 2 aromatic carbocycles. The Morgan fingerprint density at radius 1 is 1.03 bits per heavy atom. The maximum Gasteiger partial charge on any atom is 0.254 e. The van der Waals surface area contributed by atoms with Gasteiger partial charge < -0.3 is 15.0 Å². The molecule has 1 aliphatic heterocycles. The summed E-state index contributed by atoms with van der Waals surface area (Å²) in [4.78, 5) is 39.9. The molecule has 0 aliphatic carbocycles. The fourth-order valence-corrected chi connectivity index (χ4v) is 3.49. The number of ether oxygens (including phenoxy) is 1. The molecular weight excluding hydrogens is 389 g/mol. The Morgan fingerprint density at radius 3 is 2.47 bits per heavy atom. The second kappa shape index (κ2) is 8.46. The number of para-hydroxylation sites is 1. The summed E-state index contributed by atoms with van der Waals surface area (Å²) in [5.74, 6) is -1.06. The van der Waals surface area contributed by atoms with Gasteiger partial charge in [-0.2, -0.15) is 0 Å². The van der Waals surface area contributed by atoms with E-state index in [1.165, 1.54) is 34.9 Å². The normalized spacial score (nSPS) is 14.0. The maximum atomic E-state index is 13.0. The van der Waals surface area contributed by atoms with Crippen LogP contribution >= 0.6 is 0 Å². The molecule has 8 heteroatoms. The summed E-state index contributed by atoms with van der Waals surface area (Å²) in [6.45, 7) is 1.63. The lowest BCUT2D eigenvalue weighted by atomic mass is 10.1. The lowest BCUT2D eigenvalue weighted by Gasteiger charge is -2.27. The van der Waals surface area contributed by atoms with Crippen LogP contribution in [0.25, 0.3) is 10.9 Å². The molecule has 1 N–H and O–H groups in total. The lowest BCUT2D eigenvalue weighted by Crippen LogP contribution is -2.41. The molecule has 0 spiro atoms. The van der Waals surface area contributed by atoms with Gasteiger partial charge in [0.2, 0.25) is 5.91 Å². The Labute approximate surface area is 171 Å². The third-order valence-electron chi connectivity index (χ3n) is 4.98. The van der Waals surface area contributed by atoms with Gasteiger partial charge in [0.05, 0.1) is 24.3 Å². The first-order valence-corrected chi connectivity index (χ1v) is 9.58.